The molecule has 0 aromatic heterocycles. The highest BCUT2D eigenvalue weighted by Crippen LogP contribution is 2.28. The van der Waals surface area contributed by atoms with E-state index in [1.54, 1.807) is 6.07 Å². The largest absolute Gasteiger partial charge is 0.494 e. The molecule has 0 saturated carbocycles. The van der Waals surface area contributed by atoms with Gasteiger partial charge in [0.15, 0.2) is 5.82 Å². The van der Waals surface area contributed by atoms with Crippen molar-refractivity contribution in [3.05, 3.63) is 27.4 Å². The SMILES string of the molecule is CCCOc1cc(Cl)c(F)c(Br)c1. The van der Waals surface area contributed by atoms with Crippen LogP contribution >= 0.6 is 27.5 Å². The van der Waals surface area contributed by atoms with E-state index in [4.69, 9.17) is 16.3 Å². The van der Waals surface area contributed by atoms with Crippen LogP contribution in [0.5, 0.6) is 5.75 Å². The zero-order valence-electron chi connectivity index (χ0n) is 7.11. The second kappa shape index (κ2) is 4.82. The normalized spacial score (nSPS) is 10.2. The second-order valence-electron chi connectivity index (χ2n) is 2.55. The fourth-order valence-corrected chi connectivity index (χ4v) is 1.60. The van der Waals surface area contributed by atoms with E-state index < -0.39 is 5.82 Å². The molecule has 0 spiro atoms. The van der Waals surface area contributed by atoms with Gasteiger partial charge in [-0.3, -0.25) is 0 Å². The summed E-state index contributed by atoms with van der Waals surface area (Å²) in [5.74, 6) is 0.130. The Morgan fingerprint density at radius 1 is 1.54 bits per heavy atom. The van der Waals surface area contributed by atoms with Crippen molar-refractivity contribution in [1.29, 1.82) is 0 Å². The monoisotopic (exact) mass is 266 g/mol. The van der Waals surface area contributed by atoms with Crippen LogP contribution in [-0.2, 0) is 0 Å². The number of rotatable bonds is 3. The quantitative estimate of drug-likeness (QED) is 0.751. The molecule has 1 aromatic rings. The lowest BCUT2D eigenvalue weighted by Crippen LogP contribution is -1.95. The predicted octanol–water partition coefficient (Wildman–Crippen LogP) is 4.03. The summed E-state index contributed by atoms with van der Waals surface area (Å²) in [6.07, 6.45) is 0.909. The van der Waals surface area contributed by atoms with Gasteiger partial charge in [-0.2, -0.15) is 0 Å². The van der Waals surface area contributed by atoms with Crippen LogP contribution in [0.4, 0.5) is 4.39 Å². The first kappa shape index (κ1) is 10.8. The molecule has 1 nitrogen and oxygen atoms in total. The van der Waals surface area contributed by atoms with Gasteiger partial charge in [0.05, 0.1) is 16.1 Å². The van der Waals surface area contributed by atoms with Gasteiger partial charge >= 0.3 is 0 Å². The molecule has 0 bridgehead atoms. The van der Waals surface area contributed by atoms with Gasteiger partial charge in [0.25, 0.3) is 0 Å². The molecular formula is C9H9BrClFO. The third-order valence-electron chi connectivity index (χ3n) is 1.43. The van der Waals surface area contributed by atoms with Crippen LogP contribution in [-0.4, -0.2) is 6.61 Å². The highest BCUT2D eigenvalue weighted by Gasteiger charge is 2.07. The van der Waals surface area contributed by atoms with E-state index in [2.05, 4.69) is 15.9 Å². The fraction of sp³-hybridized carbons (Fsp3) is 0.333. The molecule has 4 heteroatoms. The van der Waals surface area contributed by atoms with Gasteiger partial charge in [-0.05, 0) is 28.4 Å². The number of ether oxygens (including phenoxy) is 1. The lowest BCUT2D eigenvalue weighted by molar-refractivity contribution is 0.316. The second-order valence-corrected chi connectivity index (χ2v) is 3.81. The van der Waals surface area contributed by atoms with Crippen molar-refractivity contribution in [2.45, 2.75) is 13.3 Å². The Morgan fingerprint density at radius 3 is 2.77 bits per heavy atom. The van der Waals surface area contributed by atoms with Gasteiger partial charge < -0.3 is 4.74 Å². The molecule has 0 unspecified atom stereocenters. The molecule has 0 aliphatic heterocycles. The van der Waals surface area contributed by atoms with Crippen molar-refractivity contribution in [2.75, 3.05) is 6.61 Å². The molecule has 0 saturated heterocycles. The van der Waals surface area contributed by atoms with Crippen LogP contribution < -0.4 is 4.74 Å². The Labute approximate surface area is 90.0 Å². The molecule has 0 radical (unpaired) electrons. The topological polar surface area (TPSA) is 9.23 Å². The standard InChI is InChI=1S/C9H9BrClFO/c1-2-3-13-6-4-7(10)9(12)8(11)5-6/h4-5H,2-3H2,1H3. The first-order chi connectivity index (χ1) is 6.15. The maximum Gasteiger partial charge on any atom is 0.156 e. The average molecular weight is 268 g/mol. The Kier molecular flexibility index (Phi) is 4.00. The Hall–Kier alpha value is -0.280. The molecule has 0 amide bonds. The maximum atomic E-state index is 13.0. The fourth-order valence-electron chi connectivity index (χ4n) is 0.836. The summed E-state index contributed by atoms with van der Waals surface area (Å²) in [7, 11) is 0. The minimum atomic E-state index is -0.453. The molecule has 1 rings (SSSR count). The molecule has 0 fully saturated rings. The van der Waals surface area contributed by atoms with Gasteiger partial charge in [0.2, 0.25) is 0 Å². The summed E-state index contributed by atoms with van der Waals surface area (Å²) in [6, 6.07) is 3.04. The first-order valence-electron chi connectivity index (χ1n) is 3.92. The molecule has 0 N–H and O–H groups in total. The number of halogens is 3. The first-order valence-corrected chi connectivity index (χ1v) is 5.09. The van der Waals surface area contributed by atoms with E-state index >= 15 is 0 Å². The lowest BCUT2D eigenvalue weighted by atomic mass is 10.3. The third kappa shape index (κ3) is 2.85. The molecular weight excluding hydrogens is 258 g/mol. The minimum Gasteiger partial charge on any atom is -0.494 e. The highest BCUT2D eigenvalue weighted by atomic mass is 79.9. The summed E-state index contributed by atoms with van der Waals surface area (Å²) in [4.78, 5) is 0. The van der Waals surface area contributed by atoms with Crippen LogP contribution in [0.15, 0.2) is 16.6 Å². The molecule has 0 aliphatic rings. The summed E-state index contributed by atoms with van der Waals surface area (Å²) in [6.45, 7) is 2.61. The van der Waals surface area contributed by atoms with Crippen molar-refractivity contribution in [1.82, 2.24) is 0 Å². The van der Waals surface area contributed by atoms with E-state index in [9.17, 15) is 4.39 Å². The van der Waals surface area contributed by atoms with E-state index in [-0.39, 0.29) is 5.02 Å². The average Bonchev–Trinajstić information content (AvgIpc) is 2.10. The van der Waals surface area contributed by atoms with Crippen LogP contribution in [0.25, 0.3) is 0 Å². The maximum absolute atomic E-state index is 13.0. The van der Waals surface area contributed by atoms with Gasteiger partial charge in [-0.1, -0.05) is 18.5 Å². The van der Waals surface area contributed by atoms with Crippen LogP contribution in [0, 0.1) is 5.82 Å². The molecule has 0 heterocycles. The zero-order chi connectivity index (χ0) is 9.84. The van der Waals surface area contributed by atoms with E-state index in [0.717, 1.165) is 6.42 Å². The summed E-state index contributed by atoms with van der Waals surface area (Å²) < 4.78 is 18.6. The smallest absolute Gasteiger partial charge is 0.156 e. The van der Waals surface area contributed by atoms with Crippen LogP contribution in [0.3, 0.4) is 0 Å². The van der Waals surface area contributed by atoms with Crippen LogP contribution in [0.1, 0.15) is 13.3 Å². The predicted molar refractivity (Wildman–Crippen MR) is 54.9 cm³/mol. The third-order valence-corrected chi connectivity index (χ3v) is 2.28. The van der Waals surface area contributed by atoms with Crippen molar-refractivity contribution >= 4 is 27.5 Å². The molecule has 1 aromatic carbocycles. The van der Waals surface area contributed by atoms with Gasteiger partial charge in [-0.25, -0.2) is 4.39 Å². The van der Waals surface area contributed by atoms with E-state index in [1.807, 2.05) is 6.92 Å². The Balaban J connectivity index is 2.86. The highest BCUT2D eigenvalue weighted by molar-refractivity contribution is 9.10. The summed E-state index contributed by atoms with van der Waals surface area (Å²) in [5.41, 5.74) is 0. The number of hydrogen-bond donors (Lipinski definition) is 0. The van der Waals surface area contributed by atoms with Gasteiger partial charge in [-0.15, -0.1) is 0 Å². The van der Waals surface area contributed by atoms with E-state index in [1.165, 1.54) is 6.07 Å². The zero-order valence-corrected chi connectivity index (χ0v) is 9.45. The van der Waals surface area contributed by atoms with Crippen molar-refractivity contribution in [3.63, 3.8) is 0 Å². The lowest BCUT2D eigenvalue weighted by Gasteiger charge is -2.06. The summed E-state index contributed by atoms with van der Waals surface area (Å²) >= 11 is 8.66. The van der Waals surface area contributed by atoms with Crippen molar-refractivity contribution in [2.24, 2.45) is 0 Å². The van der Waals surface area contributed by atoms with Gasteiger partial charge in [0, 0.05) is 6.07 Å². The molecule has 0 atom stereocenters. The number of benzene rings is 1. The van der Waals surface area contributed by atoms with Crippen molar-refractivity contribution < 1.29 is 9.13 Å². The van der Waals surface area contributed by atoms with Gasteiger partial charge in [0.1, 0.15) is 5.75 Å². The molecule has 0 aliphatic carbocycles. The minimum absolute atomic E-state index is 0.0699. The Bertz CT molecular complexity index is 281. The number of hydrogen-bond acceptors (Lipinski definition) is 1. The van der Waals surface area contributed by atoms with E-state index in [0.29, 0.717) is 16.8 Å². The van der Waals surface area contributed by atoms with Crippen LogP contribution in [0.2, 0.25) is 5.02 Å². The Morgan fingerprint density at radius 2 is 2.23 bits per heavy atom. The molecule has 72 valence electrons. The van der Waals surface area contributed by atoms with Crippen molar-refractivity contribution in [3.8, 4) is 5.75 Å². The summed E-state index contributed by atoms with van der Waals surface area (Å²) in [5, 5.41) is 0.0699. The molecule has 13 heavy (non-hydrogen) atoms.